The van der Waals surface area contributed by atoms with Crippen molar-refractivity contribution < 1.29 is 28.6 Å². The number of carbonyl (C=O) groups excluding carboxylic acids is 3. The SMILES string of the molecule is CC/C=C\C/C=C\CCCCCCCC(=O)OC(COC(=O)CCC/C=C\C/C=C\C/C=C\C/C=C\CCCCC)COC(=O)CCCCCCCCCCCCCC. The summed E-state index contributed by atoms with van der Waals surface area (Å²) in [5, 5.41) is 0. The molecule has 0 saturated carbocycles. The Hall–Kier alpha value is -3.15. The molecule has 6 heteroatoms. The smallest absolute Gasteiger partial charge is 0.306 e. The largest absolute Gasteiger partial charge is 0.462 e. The van der Waals surface area contributed by atoms with Crippen molar-refractivity contribution in [3.63, 3.8) is 0 Å². The molecule has 0 spiro atoms. The normalized spacial score (nSPS) is 12.7. The lowest BCUT2D eigenvalue weighted by molar-refractivity contribution is -0.167. The van der Waals surface area contributed by atoms with Crippen molar-refractivity contribution in [1.29, 1.82) is 0 Å². The molecule has 1 unspecified atom stereocenters. The van der Waals surface area contributed by atoms with Gasteiger partial charge in [-0.3, -0.25) is 14.4 Å². The lowest BCUT2D eigenvalue weighted by atomic mass is 10.0. The van der Waals surface area contributed by atoms with Crippen LogP contribution in [-0.4, -0.2) is 37.2 Å². The van der Waals surface area contributed by atoms with Gasteiger partial charge in [0.25, 0.3) is 0 Å². The Morgan fingerprint density at radius 3 is 1.14 bits per heavy atom. The van der Waals surface area contributed by atoms with Crippen molar-refractivity contribution in [2.24, 2.45) is 0 Å². The predicted octanol–water partition coefficient (Wildman–Crippen LogP) is 15.9. The Morgan fingerprint density at radius 1 is 0.356 bits per heavy atom. The molecule has 1 atom stereocenters. The van der Waals surface area contributed by atoms with Gasteiger partial charge < -0.3 is 14.2 Å². The van der Waals surface area contributed by atoms with Gasteiger partial charge in [0, 0.05) is 19.3 Å². The molecule has 59 heavy (non-hydrogen) atoms. The predicted molar refractivity (Wildman–Crippen MR) is 251 cm³/mol. The summed E-state index contributed by atoms with van der Waals surface area (Å²) < 4.78 is 16.7. The summed E-state index contributed by atoms with van der Waals surface area (Å²) in [6.07, 6.45) is 58.9. The first kappa shape index (κ1) is 55.9. The molecule has 0 aromatic carbocycles. The second kappa shape index (κ2) is 47.5. The molecule has 0 heterocycles. The molecule has 0 rings (SSSR count). The molecule has 0 aromatic rings. The summed E-state index contributed by atoms with van der Waals surface area (Å²) in [5.41, 5.74) is 0. The fourth-order valence-electron chi connectivity index (χ4n) is 6.53. The number of hydrogen-bond acceptors (Lipinski definition) is 6. The van der Waals surface area contributed by atoms with Gasteiger partial charge in [-0.25, -0.2) is 0 Å². The summed E-state index contributed by atoms with van der Waals surface area (Å²) in [6.45, 7) is 6.43. The number of hydrogen-bond donors (Lipinski definition) is 0. The van der Waals surface area contributed by atoms with Crippen LogP contribution >= 0.6 is 0 Å². The van der Waals surface area contributed by atoms with E-state index in [-0.39, 0.29) is 37.5 Å². The zero-order valence-corrected chi connectivity index (χ0v) is 38.5. The standard InChI is InChI=1S/C53H90O6/c1-4-7-10-13-16-19-22-25-26-27-28-29-32-34-37-40-43-46-52(55)58-49-50(59-53(56)47-44-41-38-35-31-24-21-18-15-12-9-6-3)48-57-51(54)45-42-39-36-33-30-23-20-17-14-11-8-5-2/h9,12,16,18-19,21,25-26,28-29,34,37,50H,4-8,10-11,13-15,17,20,22-24,27,30-33,35-36,38-49H2,1-3H3/b12-9-,19-16-,21-18-,26-25-,29-28-,37-34-. The number of ether oxygens (including phenoxy) is 3. The van der Waals surface area contributed by atoms with E-state index in [1.807, 2.05) is 0 Å². The number of allylic oxidation sites excluding steroid dienone is 12. The van der Waals surface area contributed by atoms with Gasteiger partial charge in [0.2, 0.25) is 0 Å². The first-order valence-corrected chi connectivity index (χ1v) is 24.4. The Balaban J connectivity index is 4.47. The molecule has 0 aliphatic carbocycles. The second-order valence-corrected chi connectivity index (χ2v) is 16.0. The number of esters is 3. The van der Waals surface area contributed by atoms with Crippen LogP contribution in [0.1, 0.15) is 226 Å². The lowest BCUT2D eigenvalue weighted by Gasteiger charge is -2.18. The van der Waals surface area contributed by atoms with Gasteiger partial charge in [-0.1, -0.05) is 196 Å². The van der Waals surface area contributed by atoms with Gasteiger partial charge in [0.15, 0.2) is 6.10 Å². The van der Waals surface area contributed by atoms with Gasteiger partial charge >= 0.3 is 17.9 Å². The monoisotopic (exact) mass is 823 g/mol. The van der Waals surface area contributed by atoms with E-state index in [0.717, 1.165) is 96.3 Å². The minimum atomic E-state index is -0.801. The fraction of sp³-hybridized carbons (Fsp3) is 0.717. The Labute approximate surface area is 363 Å². The highest BCUT2D eigenvalue weighted by Crippen LogP contribution is 2.14. The van der Waals surface area contributed by atoms with Gasteiger partial charge in [-0.2, -0.15) is 0 Å². The summed E-state index contributed by atoms with van der Waals surface area (Å²) in [4.78, 5) is 37.8. The van der Waals surface area contributed by atoms with Crippen LogP contribution in [0, 0.1) is 0 Å². The molecule has 0 bridgehead atoms. The highest BCUT2D eigenvalue weighted by Gasteiger charge is 2.19. The van der Waals surface area contributed by atoms with Crippen LogP contribution in [0.25, 0.3) is 0 Å². The average Bonchev–Trinajstić information content (AvgIpc) is 3.23. The van der Waals surface area contributed by atoms with E-state index in [4.69, 9.17) is 14.2 Å². The van der Waals surface area contributed by atoms with Crippen LogP contribution in [0.15, 0.2) is 72.9 Å². The maximum atomic E-state index is 12.7. The molecule has 0 aromatic heterocycles. The van der Waals surface area contributed by atoms with Crippen molar-refractivity contribution in [3.05, 3.63) is 72.9 Å². The first-order chi connectivity index (χ1) is 29.0. The molecule has 0 fully saturated rings. The third-order valence-electron chi connectivity index (χ3n) is 10.2. The van der Waals surface area contributed by atoms with Crippen LogP contribution in [0.2, 0.25) is 0 Å². The summed E-state index contributed by atoms with van der Waals surface area (Å²) in [6, 6.07) is 0. The van der Waals surface area contributed by atoms with Crippen molar-refractivity contribution in [2.45, 2.75) is 232 Å². The topological polar surface area (TPSA) is 78.9 Å². The van der Waals surface area contributed by atoms with E-state index in [9.17, 15) is 14.4 Å². The molecule has 6 nitrogen and oxygen atoms in total. The maximum absolute atomic E-state index is 12.7. The molecule has 0 N–H and O–H groups in total. The number of carbonyl (C=O) groups is 3. The maximum Gasteiger partial charge on any atom is 0.306 e. The summed E-state index contributed by atoms with van der Waals surface area (Å²) in [5.74, 6) is -0.973. The molecule has 0 radical (unpaired) electrons. The first-order valence-electron chi connectivity index (χ1n) is 24.4. The molecular weight excluding hydrogens is 733 g/mol. The van der Waals surface area contributed by atoms with Gasteiger partial charge in [-0.05, 0) is 83.5 Å². The van der Waals surface area contributed by atoms with Crippen molar-refractivity contribution in [3.8, 4) is 0 Å². The highest BCUT2D eigenvalue weighted by atomic mass is 16.6. The molecule has 0 aliphatic heterocycles. The van der Waals surface area contributed by atoms with E-state index in [1.54, 1.807) is 0 Å². The van der Waals surface area contributed by atoms with Crippen molar-refractivity contribution in [2.75, 3.05) is 13.2 Å². The van der Waals surface area contributed by atoms with Crippen LogP contribution in [0.3, 0.4) is 0 Å². The third-order valence-corrected chi connectivity index (χ3v) is 10.2. The Bertz CT molecular complexity index is 1130. The minimum Gasteiger partial charge on any atom is -0.462 e. The van der Waals surface area contributed by atoms with E-state index in [0.29, 0.717) is 19.3 Å². The van der Waals surface area contributed by atoms with Crippen LogP contribution < -0.4 is 0 Å². The zero-order chi connectivity index (χ0) is 43.0. The third kappa shape index (κ3) is 45.8. The number of unbranched alkanes of at least 4 members (excludes halogenated alkanes) is 20. The highest BCUT2D eigenvalue weighted by molar-refractivity contribution is 5.71. The number of rotatable bonds is 43. The fourth-order valence-corrected chi connectivity index (χ4v) is 6.53. The Kier molecular flexibility index (Phi) is 45.0. The molecule has 0 amide bonds. The quantitative estimate of drug-likeness (QED) is 0.0264. The summed E-state index contributed by atoms with van der Waals surface area (Å²) in [7, 11) is 0. The van der Waals surface area contributed by atoms with Crippen LogP contribution in [-0.2, 0) is 28.6 Å². The van der Waals surface area contributed by atoms with Crippen LogP contribution in [0.4, 0.5) is 0 Å². The lowest BCUT2D eigenvalue weighted by Crippen LogP contribution is -2.30. The van der Waals surface area contributed by atoms with Gasteiger partial charge in [-0.15, -0.1) is 0 Å². The minimum absolute atomic E-state index is 0.0971. The molecular formula is C53H90O6. The Morgan fingerprint density at radius 2 is 0.678 bits per heavy atom. The second-order valence-electron chi connectivity index (χ2n) is 16.0. The zero-order valence-electron chi connectivity index (χ0n) is 38.5. The van der Waals surface area contributed by atoms with Crippen molar-refractivity contribution in [1.82, 2.24) is 0 Å². The van der Waals surface area contributed by atoms with E-state index in [2.05, 4.69) is 93.7 Å². The van der Waals surface area contributed by atoms with Gasteiger partial charge in [0.05, 0.1) is 0 Å². The molecule has 0 aliphatic rings. The van der Waals surface area contributed by atoms with Crippen LogP contribution in [0.5, 0.6) is 0 Å². The van der Waals surface area contributed by atoms with E-state index >= 15 is 0 Å². The van der Waals surface area contributed by atoms with Crippen molar-refractivity contribution >= 4 is 17.9 Å². The van der Waals surface area contributed by atoms with E-state index < -0.39 is 6.10 Å². The van der Waals surface area contributed by atoms with E-state index in [1.165, 1.54) is 83.5 Å². The van der Waals surface area contributed by atoms with Gasteiger partial charge in [0.1, 0.15) is 13.2 Å². The summed E-state index contributed by atoms with van der Waals surface area (Å²) >= 11 is 0. The average molecular weight is 823 g/mol. The molecule has 338 valence electrons. The molecule has 0 saturated heterocycles.